The first kappa shape index (κ1) is 16.7. The molecule has 0 aliphatic rings. The third-order valence-electron chi connectivity index (χ3n) is 3.39. The molecule has 23 heavy (non-hydrogen) atoms. The number of aliphatic hydroxyl groups excluding tert-OH is 1. The number of aromatic nitrogens is 1. The number of carbonyl (C=O) groups is 2. The normalized spacial score (nSPS) is 10.9. The van der Waals surface area contributed by atoms with E-state index < -0.39 is 0 Å². The highest BCUT2D eigenvalue weighted by molar-refractivity contribution is 5.98. The molecule has 5 heteroatoms. The number of ketones is 1. The monoisotopic (exact) mass is 312 g/mol. The van der Waals surface area contributed by atoms with Gasteiger partial charge in [-0.3, -0.25) is 9.59 Å². The third-order valence-corrected chi connectivity index (χ3v) is 3.39. The largest absolute Gasteiger partial charge is 0.395 e. The molecular formula is C18H20N2O3. The number of rotatable bonds is 7. The first-order chi connectivity index (χ1) is 11.1. The molecule has 2 N–H and O–H groups in total. The number of amides is 1. The smallest absolute Gasteiger partial charge is 0.244 e. The Morgan fingerprint density at radius 3 is 2.70 bits per heavy atom. The van der Waals surface area contributed by atoms with Crippen molar-refractivity contribution in [2.45, 2.75) is 6.42 Å². The molecule has 0 aliphatic carbocycles. The van der Waals surface area contributed by atoms with Gasteiger partial charge >= 0.3 is 0 Å². The number of benzene rings is 1. The highest BCUT2D eigenvalue weighted by Gasteiger charge is 2.10. The maximum atomic E-state index is 12.3. The molecule has 0 radical (unpaired) electrons. The van der Waals surface area contributed by atoms with Crippen LogP contribution in [0.5, 0.6) is 0 Å². The summed E-state index contributed by atoms with van der Waals surface area (Å²) in [6.07, 6.45) is 5.14. The zero-order valence-corrected chi connectivity index (χ0v) is 13.0. The lowest BCUT2D eigenvalue weighted by molar-refractivity contribution is -0.116. The van der Waals surface area contributed by atoms with Gasteiger partial charge in [-0.25, -0.2) is 0 Å². The number of Topliss-reactive ketones (excluding diaryl/α,β-unsaturated/α-hetero) is 1. The van der Waals surface area contributed by atoms with Crippen molar-refractivity contribution in [2.75, 3.05) is 13.2 Å². The Morgan fingerprint density at radius 2 is 2.00 bits per heavy atom. The highest BCUT2D eigenvalue weighted by Crippen LogP contribution is 2.12. The van der Waals surface area contributed by atoms with E-state index in [1.807, 2.05) is 37.4 Å². The molecule has 0 spiro atoms. The van der Waals surface area contributed by atoms with E-state index in [4.69, 9.17) is 5.11 Å². The van der Waals surface area contributed by atoms with Gasteiger partial charge in [0.15, 0.2) is 5.78 Å². The Kier molecular flexibility index (Phi) is 5.88. The zero-order valence-electron chi connectivity index (χ0n) is 13.0. The van der Waals surface area contributed by atoms with Gasteiger partial charge in [0.2, 0.25) is 5.91 Å². The molecule has 1 aromatic carbocycles. The van der Waals surface area contributed by atoms with Crippen molar-refractivity contribution in [2.24, 2.45) is 7.05 Å². The summed E-state index contributed by atoms with van der Waals surface area (Å²) in [5, 5.41) is 11.2. The van der Waals surface area contributed by atoms with Crippen molar-refractivity contribution in [1.29, 1.82) is 0 Å². The van der Waals surface area contributed by atoms with Crippen molar-refractivity contribution >= 4 is 17.8 Å². The van der Waals surface area contributed by atoms with Crippen molar-refractivity contribution in [1.82, 2.24) is 9.88 Å². The molecular weight excluding hydrogens is 292 g/mol. The lowest BCUT2D eigenvalue weighted by Gasteiger charge is -1.98. The number of carbonyl (C=O) groups excluding carboxylic acids is 2. The fraction of sp³-hybridized carbons (Fsp3) is 0.222. The fourth-order valence-electron chi connectivity index (χ4n) is 2.18. The second-order valence-electron chi connectivity index (χ2n) is 5.20. The predicted octanol–water partition coefficient (Wildman–Crippen LogP) is 1.57. The molecule has 1 heterocycles. The molecule has 1 aromatic heterocycles. The minimum atomic E-state index is -0.280. The van der Waals surface area contributed by atoms with Crippen LogP contribution in [0.2, 0.25) is 0 Å². The summed E-state index contributed by atoms with van der Waals surface area (Å²) in [6.45, 7) is 0.124. The second kappa shape index (κ2) is 8.10. The first-order valence-electron chi connectivity index (χ1n) is 7.40. The van der Waals surface area contributed by atoms with Gasteiger partial charge in [-0.15, -0.1) is 0 Å². The van der Waals surface area contributed by atoms with Gasteiger partial charge in [0.05, 0.1) is 6.61 Å². The molecule has 0 bridgehead atoms. The van der Waals surface area contributed by atoms with E-state index in [0.717, 1.165) is 11.3 Å². The minimum Gasteiger partial charge on any atom is -0.395 e. The van der Waals surface area contributed by atoms with Gasteiger partial charge in [0.1, 0.15) is 0 Å². The molecule has 0 aliphatic heterocycles. The summed E-state index contributed by atoms with van der Waals surface area (Å²) >= 11 is 0. The molecule has 120 valence electrons. The van der Waals surface area contributed by atoms with Gasteiger partial charge in [0.25, 0.3) is 0 Å². The quantitative estimate of drug-likeness (QED) is 0.602. The molecule has 0 unspecified atom stereocenters. The van der Waals surface area contributed by atoms with Crippen molar-refractivity contribution in [3.05, 3.63) is 65.5 Å². The standard InChI is InChI=1S/C18H20N2O3/c1-20-13-15(17(22)11-14-5-3-2-4-6-14)12-16(20)7-8-18(23)19-9-10-21/h2-8,12-13,21H,9-11H2,1H3,(H,19,23)/b8-7+. The lowest BCUT2D eigenvalue weighted by Crippen LogP contribution is -2.24. The number of hydrogen-bond donors (Lipinski definition) is 2. The van der Waals surface area contributed by atoms with E-state index >= 15 is 0 Å². The van der Waals surface area contributed by atoms with E-state index in [2.05, 4.69) is 5.32 Å². The Hall–Kier alpha value is -2.66. The van der Waals surface area contributed by atoms with E-state index in [-0.39, 0.29) is 24.8 Å². The van der Waals surface area contributed by atoms with Gasteiger partial charge in [-0.2, -0.15) is 0 Å². The van der Waals surface area contributed by atoms with Crippen LogP contribution in [0.25, 0.3) is 6.08 Å². The highest BCUT2D eigenvalue weighted by atomic mass is 16.3. The SMILES string of the molecule is Cn1cc(C(=O)Cc2ccccc2)cc1/C=C/C(=O)NCCO. The second-order valence-corrected chi connectivity index (χ2v) is 5.20. The van der Waals surface area contributed by atoms with Crippen LogP contribution in [0.15, 0.2) is 48.7 Å². The van der Waals surface area contributed by atoms with Gasteiger partial charge < -0.3 is 15.0 Å². The third kappa shape index (κ3) is 4.93. The van der Waals surface area contributed by atoms with Crippen molar-refractivity contribution in [3.63, 3.8) is 0 Å². The Labute approximate surface area is 135 Å². The number of nitrogens with zero attached hydrogens (tertiary/aromatic N) is 1. The van der Waals surface area contributed by atoms with Crippen molar-refractivity contribution < 1.29 is 14.7 Å². The Bertz CT molecular complexity index is 702. The predicted molar refractivity (Wildman–Crippen MR) is 89.0 cm³/mol. The average Bonchev–Trinajstić information content (AvgIpc) is 2.93. The molecule has 0 saturated carbocycles. The fourth-order valence-corrected chi connectivity index (χ4v) is 2.18. The molecule has 5 nitrogen and oxygen atoms in total. The van der Waals surface area contributed by atoms with Crippen LogP contribution in [-0.4, -0.2) is 34.5 Å². The summed E-state index contributed by atoms with van der Waals surface area (Å²) in [5.41, 5.74) is 2.36. The van der Waals surface area contributed by atoms with Crippen LogP contribution in [0.4, 0.5) is 0 Å². The molecule has 1 amide bonds. The van der Waals surface area contributed by atoms with Crippen LogP contribution in [0.1, 0.15) is 21.6 Å². The summed E-state index contributed by atoms with van der Waals surface area (Å²) < 4.78 is 1.80. The number of aryl methyl sites for hydroxylation is 1. The molecule has 0 saturated heterocycles. The Balaban J connectivity index is 2.04. The number of aliphatic hydroxyl groups is 1. The van der Waals surface area contributed by atoms with Gasteiger partial charge in [0, 0.05) is 43.5 Å². The van der Waals surface area contributed by atoms with E-state index in [0.29, 0.717) is 12.0 Å². The summed E-state index contributed by atoms with van der Waals surface area (Å²) in [5.74, 6) is -0.242. The molecule has 0 fully saturated rings. The molecule has 2 rings (SSSR count). The van der Waals surface area contributed by atoms with Crippen LogP contribution >= 0.6 is 0 Å². The van der Waals surface area contributed by atoms with E-state index in [1.165, 1.54) is 6.08 Å². The topological polar surface area (TPSA) is 71.3 Å². The van der Waals surface area contributed by atoms with Gasteiger partial charge in [-0.1, -0.05) is 30.3 Å². The van der Waals surface area contributed by atoms with Crippen LogP contribution < -0.4 is 5.32 Å². The number of hydrogen-bond acceptors (Lipinski definition) is 3. The van der Waals surface area contributed by atoms with Crippen molar-refractivity contribution in [3.8, 4) is 0 Å². The average molecular weight is 312 g/mol. The van der Waals surface area contributed by atoms with Crippen LogP contribution in [0, 0.1) is 0 Å². The first-order valence-corrected chi connectivity index (χ1v) is 7.40. The lowest BCUT2D eigenvalue weighted by atomic mass is 10.1. The summed E-state index contributed by atoms with van der Waals surface area (Å²) in [6, 6.07) is 11.3. The van der Waals surface area contributed by atoms with E-state index in [1.54, 1.807) is 22.9 Å². The summed E-state index contributed by atoms with van der Waals surface area (Å²) in [4.78, 5) is 23.8. The van der Waals surface area contributed by atoms with Gasteiger partial charge in [-0.05, 0) is 17.7 Å². The maximum Gasteiger partial charge on any atom is 0.244 e. The summed E-state index contributed by atoms with van der Waals surface area (Å²) in [7, 11) is 1.82. The maximum absolute atomic E-state index is 12.3. The zero-order chi connectivity index (χ0) is 16.7. The van der Waals surface area contributed by atoms with Crippen LogP contribution in [0.3, 0.4) is 0 Å². The molecule has 2 aromatic rings. The Morgan fingerprint density at radius 1 is 1.26 bits per heavy atom. The van der Waals surface area contributed by atoms with E-state index in [9.17, 15) is 9.59 Å². The van der Waals surface area contributed by atoms with Crippen LogP contribution in [-0.2, 0) is 18.3 Å². The molecule has 0 atom stereocenters. The minimum absolute atomic E-state index is 0.0381. The number of nitrogens with one attached hydrogen (secondary N) is 1.